The molecule has 0 bridgehead atoms. The van der Waals surface area contributed by atoms with Gasteiger partial charge in [0.25, 0.3) is 5.91 Å². The van der Waals surface area contributed by atoms with Gasteiger partial charge in [-0.2, -0.15) is 0 Å². The van der Waals surface area contributed by atoms with E-state index in [0.717, 1.165) is 4.47 Å². The number of rotatable bonds is 6. The van der Waals surface area contributed by atoms with E-state index in [1.54, 1.807) is 48.5 Å². The molecule has 136 valence electrons. The number of carbonyl (C=O) groups is 3. The number of halogens is 2. The summed E-state index contributed by atoms with van der Waals surface area (Å²) in [6, 6.07) is 13.3. The van der Waals surface area contributed by atoms with Crippen LogP contribution in [0.2, 0.25) is 5.02 Å². The predicted octanol–water partition coefficient (Wildman–Crippen LogP) is 3.36. The fourth-order valence-electron chi connectivity index (χ4n) is 1.96. The van der Waals surface area contributed by atoms with Crippen LogP contribution in [0, 0.1) is 0 Å². The topological polar surface area (TPSA) is 75.7 Å². The quantitative estimate of drug-likeness (QED) is 0.700. The first kappa shape index (κ1) is 19.9. The third-order valence-electron chi connectivity index (χ3n) is 3.36. The van der Waals surface area contributed by atoms with E-state index in [0.29, 0.717) is 16.3 Å². The van der Waals surface area contributed by atoms with Gasteiger partial charge in [0, 0.05) is 11.5 Å². The number of para-hydroxylation sites is 1. The second kappa shape index (κ2) is 9.35. The highest BCUT2D eigenvalue weighted by Gasteiger charge is 2.16. The molecule has 0 saturated carbocycles. The van der Waals surface area contributed by atoms with E-state index in [1.165, 1.54) is 11.9 Å². The maximum absolute atomic E-state index is 12.0. The third kappa shape index (κ3) is 5.86. The van der Waals surface area contributed by atoms with E-state index in [4.69, 9.17) is 16.3 Å². The minimum atomic E-state index is -0.611. The number of likely N-dealkylation sites (N-methyl/N-ethyl adjacent to an activating group) is 1. The summed E-state index contributed by atoms with van der Waals surface area (Å²) in [5.74, 6) is -1.52. The monoisotopic (exact) mass is 438 g/mol. The van der Waals surface area contributed by atoms with E-state index in [9.17, 15) is 14.4 Å². The zero-order chi connectivity index (χ0) is 19.1. The van der Waals surface area contributed by atoms with Crippen molar-refractivity contribution in [2.45, 2.75) is 0 Å². The molecule has 6 nitrogen and oxygen atoms in total. The van der Waals surface area contributed by atoms with E-state index in [2.05, 4.69) is 21.2 Å². The highest BCUT2D eigenvalue weighted by atomic mass is 79.9. The minimum Gasteiger partial charge on any atom is -0.452 e. The highest BCUT2D eigenvalue weighted by Crippen LogP contribution is 2.20. The van der Waals surface area contributed by atoms with Crippen LogP contribution in [-0.2, 0) is 14.3 Å². The van der Waals surface area contributed by atoms with Crippen LogP contribution in [0.25, 0.3) is 0 Å². The highest BCUT2D eigenvalue weighted by molar-refractivity contribution is 9.10. The summed E-state index contributed by atoms with van der Waals surface area (Å²) in [5, 5.41) is 3.02. The van der Waals surface area contributed by atoms with E-state index in [-0.39, 0.29) is 6.54 Å². The number of nitrogens with zero attached hydrogens (tertiary/aromatic N) is 1. The largest absolute Gasteiger partial charge is 0.452 e. The van der Waals surface area contributed by atoms with E-state index < -0.39 is 24.4 Å². The number of esters is 1. The average molecular weight is 440 g/mol. The molecule has 8 heteroatoms. The van der Waals surface area contributed by atoms with E-state index in [1.807, 2.05) is 0 Å². The molecule has 0 aliphatic carbocycles. The van der Waals surface area contributed by atoms with Crippen molar-refractivity contribution in [3.8, 4) is 0 Å². The first-order chi connectivity index (χ1) is 12.4. The Bertz CT molecular complexity index is 811. The van der Waals surface area contributed by atoms with Crippen LogP contribution in [0.3, 0.4) is 0 Å². The first-order valence-electron chi connectivity index (χ1n) is 7.58. The molecule has 0 aromatic heterocycles. The number of benzene rings is 2. The average Bonchev–Trinajstić information content (AvgIpc) is 2.61. The SMILES string of the molecule is CN(CC(=O)Nc1ccccc1Cl)C(=O)COC(=O)c1ccc(Br)cc1. The molecule has 0 radical (unpaired) electrons. The van der Waals surface area contributed by atoms with Gasteiger partial charge in [0.15, 0.2) is 6.61 Å². The Hall–Kier alpha value is -2.38. The standard InChI is InChI=1S/C18H16BrClN2O4/c1-22(10-16(23)21-15-5-3-2-4-14(15)20)17(24)11-26-18(25)12-6-8-13(19)9-7-12/h2-9H,10-11H2,1H3,(H,21,23). The number of ether oxygens (including phenoxy) is 1. The third-order valence-corrected chi connectivity index (χ3v) is 4.22. The number of amides is 2. The summed E-state index contributed by atoms with van der Waals surface area (Å²) in [5.41, 5.74) is 0.793. The summed E-state index contributed by atoms with van der Waals surface area (Å²) in [7, 11) is 1.45. The molecule has 26 heavy (non-hydrogen) atoms. The van der Waals surface area contributed by atoms with Crippen molar-refractivity contribution < 1.29 is 19.1 Å². The summed E-state index contributed by atoms with van der Waals surface area (Å²) in [6.07, 6.45) is 0. The van der Waals surface area contributed by atoms with Gasteiger partial charge in [-0.05, 0) is 36.4 Å². The molecule has 0 saturated heterocycles. The molecular formula is C18H16BrClN2O4. The molecule has 0 aliphatic rings. The lowest BCUT2D eigenvalue weighted by Gasteiger charge is -2.17. The Morgan fingerprint density at radius 3 is 2.42 bits per heavy atom. The van der Waals surface area contributed by atoms with Gasteiger partial charge in [-0.3, -0.25) is 9.59 Å². The molecule has 0 unspecified atom stereocenters. The van der Waals surface area contributed by atoms with Crippen LogP contribution in [0.4, 0.5) is 5.69 Å². The van der Waals surface area contributed by atoms with Crippen molar-refractivity contribution in [2.24, 2.45) is 0 Å². The Labute approximate surface area is 164 Å². The summed E-state index contributed by atoms with van der Waals surface area (Å²) < 4.78 is 5.80. The van der Waals surface area contributed by atoms with Gasteiger partial charge >= 0.3 is 5.97 Å². The molecule has 0 atom stereocenters. The lowest BCUT2D eigenvalue weighted by molar-refractivity contribution is -0.136. The smallest absolute Gasteiger partial charge is 0.338 e. The normalized spacial score (nSPS) is 10.1. The summed E-state index contributed by atoms with van der Waals surface area (Å²) in [4.78, 5) is 37.1. The van der Waals surface area contributed by atoms with Gasteiger partial charge in [0.1, 0.15) is 0 Å². The van der Waals surface area contributed by atoms with Crippen molar-refractivity contribution in [3.05, 3.63) is 63.6 Å². The fourth-order valence-corrected chi connectivity index (χ4v) is 2.41. The summed E-state index contributed by atoms with van der Waals surface area (Å²) in [6.45, 7) is -0.648. The van der Waals surface area contributed by atoms with Gasteiger partial charge in [0.2, 0.25) is 5.91 Å². The summed E-state index contributed by atoms with van der Waals surface area (Å²) >= 11 is 9.23. The molecule has 0 spiro atoms. The first-order valence-corrected chi connectivity index (χ1v) is 8.75. The maximum atomic E-state index is 12.0. The van der Waals surface area contributed by atoms with Gasteiger partial charge in [-0.1, -0.05) is 39.7 Å². The number of hydrogen-bond acceptors (Lipinski definition) is 4. The number of carbonyl (C=O) groups excluding carboxylic acids is 3. The lowest BCUT2D eigenvalue weighted by atomic mass is 10.2. The Morgan fingerprint density at radius 2 is 1.77 bits per heavy atom. The van der Waals surface area contributed by atoms with Crippen LogP contribution >= 0.6 is 27.5 Å². The van der Waals surface area contributed by atoms with Crippen molar-refractivity contribution in [3.63, 3.8) is 0 Å². The molecule has 0 heterocycles. The Balaban J connectivity index is 1.81. The number of anilines is 1. The lowest BCUT2D eigenvalue weighted by Crippen LogP contribution is -2.37. The van der Waals surface area contributed by atoms with Crippen LogP contribution in [0.15, 0.2) is 53.0 Å². The zero-order valence-electron chi connectivity index (χ0n) is 13.9. The van der Waals surface area contributed by atoms with Crippen LogP contribution in [-0.4, -0.2) is 42.9 Å². The minimum absolute atomic E-state index is 0.195. The molecule has 1 N–H and O–H groups in total. The van der Waals surface area contributed by atoms with Crippen LogP contribution in [0.1, 0.15) is 10.4 Å². The van der Waals surface area contributed by atoms with Gasteiger partial charge < -0.3 is 15.0 Å². The molecular weight excluding hydrogens is 424 g/mol. The second-order valence-electron chi connectivity index (χ2n) is 5.36. The Morgan fingerprint density at radius 1 is 1.12 bits per heavy atom. The molecule has 0 aliphatic heterocycles. The molecule has 2 rings (SSSR count). The molecule has 2 aromatic rings. The van der Waals surface area contributed by atoms with Crippen LogP contribution < -0.4 is 5.32 Å². The van der Waals surface area contributed by atoms with Crippen molar-refractivity contribution in [1.29, 1.82) is 0 Å². The molecule has 0 fully saturated rings. The maximum Gasteiger partial charge on any atom is 0.338 e. The van der Waals surface area contributed by atoms with E-state index >= 15 is 0 Å². The van der Waals surface area contributed by atoms with Gasteiger partial charge in [-0.15, -0.1) is 0 Å². The van der Waals surface area contributed by atoms with Gasteiger partial charge in [-0.25, -0.2) is 4.79 Å². The van der Waals surface area contributed by atoms with Crippen molar-refractivity contribution in [1.82, 2.24) is 4.90 Å². The number of hydrogen-bond donors (Lipinski definition) is 1. The van der Waals surface area contributed by atoms with Crippen LogP contribution in [0.5, 0.6) is 0 Å². The molecule has 2 amide bonds. The van der Waals surface area contributed by atoms with Crippen molar-refractivity contribution in [2.75, 3.05) is 25.5 Å². The second-order valence-corrected chi connectivity index (χ2v) is 6.68. The molecule has 2 aromatic carbocycles. The fraction of sp³-hybridized carbons (Fsp3) is 0.167. The zero-order valence-corrected chi connectivity index (χ0v) is 16.2. The van der Waals surface area contributed by atoms with Gasteiger partial charge in [0.05, 0.1) is 22.8 Å². The van der Waals surface area contributed by atoms with Crippen molar-refractivity contribution >= 4 is 51.0 Å². The number of nitrogens with one attached hydrogen (secondary N) is 1. The predicted molar refractivity (Wildman–Crippen MR) is 102 cm³/mol. The Kier molecular flexibility index (Phi) is 7.17.